The minimum Gasteiger partial charge on any atom is -0.465 e. The van der Waals surface area contributed by atoms with Gasteiger partial charge in [0.05, 0.1) is 12.7 Å². The van der Waals surface area contributed by atoms with Crippen molar-refractivity contribution in [3.05, 3.63) is 63.6 Å². The molecule has 0 unspecified atom stereocenters. The second-order valence-corrected chi connectivity index (χ2v) is 4.55. The second-order valence-electron chi connectivity index (χ2n) is 4.55. The van der Waals surface area contributed by atoms with E-state index in [2.05, 4.69) is 15.2 Å². The zero-order valence-corrected chi connectivity index (χ0v) is 12.2. The zero-order chi connectivity index (χ0) is 16.1. The number of nitrogens with one attached hydrogen (secondary N) is 1. The highest BCUT2D eigenvalue weighted by molar-refractivity contribution is 5.92. The van der Waals surface area contributed by atoms with E-state index >= 15 is 0 Å². The first-order valence-electron chi connectivity index (χ1n) is 6.51. The topological polar surface area (TPSA) is 90.3 Å². The number of carbonyl (C=O) groups is 2. The molecule has 0 atom stereocenters. The molecular weight excluding hydrogens is 286 g/mol. The minimum atomic E-state index is -0.412. The summed E-state index contributed by atoms with van der Waals surface area (Å²) in [6.07, 6.45) is 0. The number of benzene rings is 1. The summed E-state index contributed by atoms with van der Waals surface area (Å²) in [6.45, 7) is 0.283. The minimum absolute atomic E-state index is 0.160. The third kappa shape index (κ3) is 3.57. The fraction of sp³-hybridized carbons (Fsp3) is 0.200. The SMILES string of the molecule is COC(=O)c1ccc(CNC(=O)c2ccc(=O)n(C)n2)cc1. The quantitative estimate of drug-likeness (QED) is 0.830. The maximum absolute atomic E-state index is 11.9. The second kappa shape index (κ2) is 6.66. The van der Waals surface area contributed by atoms with Gasteiger partial charge < -0.3 is 10.1 Å². The van der Waals surface area contributed by atoms with Crippen molar-refractivity contribution in [1.82, 2.24) is 15.1 Å². The summed E-state index contributed by atoms with van der Waals surface area (Å²) >= 11 is 0. The smallest absolute Gasteiger partial charge is 0.337 e. The first-order valence-corrected chi connectivity index (χ1v) is 6.51. The molecule has 0 saturated heterocycles. The normalized spacial score (nSPS) is 10.1. The van der Waals surface area contributed by atoms with Gasteiger partial charge in [-0.05, 0) is 23.8 Å². The lowest BCUT2D eigenvalue weighted by atomic mass is 10.1. The Morgan fingerprint density at radius 1 is 1.18 bits per heavy atom. The number of amides is 1. The predicted octanol–water partition coefficient (Wildman–Crippen LogP) is 0.497. The summed E-state index contributed by atoms with van der Waals surface area (Å²) in [4.78, 5) is 34.5. The Balaban J connectivity index is 2.00. The van der Waals surface area contributed by atoms with Gasteiger partial charge in [-0.15, -0.1) is 0 Å². The molecule has 2 rings (SSSR count). The standard InChI is InChI=1S/C15H15N3O4/c1-18-13(19)8-7-12(17-18)14(20)16-9-10-3-5-11(6-4-10)15(21)22-2/h3-8H,9H2,1-2H3,(H,16,20). The van der Waals surface area contributed by atoms with E-state index in [0.29, 0.717) is 5.56 Å². The summed E-state index contributed by atoms with van der Waals surface area (Å²) in [7, 11) is 2.79. The number of esters is 1. The summed E-state index contributed by atoms with van der Waals surface area (Å²) in [6, 6.07) is 9.35. The van der Waals surface area contributed by atoms with Crippen molar-refractivity contribution in [2.75, 3.05) is 7.11 Å². The van der Waals surface area contributed by atoms with E-state index in [-0.39, 0.29) is 23.7 Å². The predicted molar refractivity (Wildman–Crippen MR) is 78.4 cm³/mol. The van der Waals surface area contributed by atoms with Gasteiger partial charge in [0.25, 0.3) is 11.5 Å². The number of aryl methyl sites for hydroxylation is 1. The lowest BCUT2D eigenvalue weighted by Gasteiger charge is -2.06. The van der Waals surface area contributed by atoms with Crippen molar-refractivity contribution >= 4 is 11.9 Å². The highest BCUT2D eigenvalue weighted by atomic mass is 16.5. The summed E-state index contributed by atoms with van der Waals surface area (Å²) in [5.74, 6) is -0.794. The summed E-state index contributed by atoms with van der Waals surface area (Å²) < 4.78 is 5.71. The molecule has 0 saturated carbocycles. The third-order valence-electron chi connectivity index (χ3n) is 3.02. The van der Waals surface area contributed by atoms with Gasteiger partial charge in [-0.3, -0.25) is 9.59 Å². The lowest BCUT2D eigenvalue weighted by molar-refractivity contribution is 0.0600. The molecule has 0 aliphatic carbocycles. The van der Waals surface area contributed by atoms with E-state index < -0.39 is 5.97 Å². The molecule has 0 spiro atoms. The average Bonchev–Trinajstić information content (AvgIpc) is 2.54. The molecule has 1 heterocycles. The van der Waals surface area contributed by atoms with E-state index in [1.165, 1.54) is 26.3 Å². The van der Waals surface area contributed by atoms with Crippen molar-refractivity contribution in [3.8, 4) is 0 Å². The number of ether oxygens (including phenoxy) is 1. The van der Waals surface area contributed by atoms with Crippen molar-refractivity contribution in [2.45, 2.75) is 6.54 Å². The van der Waals surface area contributed by atoms with E-state index in [1.807, 2.05) is 0 Å². The Morgan fingerprint density at radius 2 is 1.86 bits per heavy atom. The van der Waals surface area contributed by atoms with Crippen molar-refractivity contribution in [2.24, 2.45) is 7.05 Å². The van der Waals surface area contributed by atoms with Gasteiger partial charge >= 0.3 is 5.97 Å². The fourth-order valence-electron chi connectivity index (χ4n) is 1.77. The molecule has 1 amide bonds. The van der Waals surface area contributed by atoms with Crippen LogP contribution < -0.4 is 10.9 Å². The molecule has 1 aromatic carbocycles. The van der Waals surface area contributed by atoms with Crippen molar-refractivity contribution in [3.63, 3.8) is 0 Å². The molecule has 1 aromatic heterocycles. The maximum Gasteiger partial charge on any atom is 0.337 e. The molecule has 0 aliphatic rings. The van der Waals surface area contributed by atoms with Crippen LogP contribution in [0.5, 0.6) is 0 Å². The first kappa shape index (κ1) is 15.4. The van der Waals surface area contributed by atoms with E-state index in [1.54, 1.807) is 24.3 Å². The Bertz CT molecular complexity index is 750. The third-order valence-corrected chi connectivity index (χ3v) is 3.02. The lowest BCUT2D eigenvalue weighted by Crippen LogP contribution is -2.28. The maximum atomic E-state index is 11.9. The Morgan fingerprint density at radius 3 is 2.45 bits per heavy atom. The van der Waals surface area contributed by atoms with Gasteiger partial charge in [0.1, 0.15) is 5.69 Å². The van der Waals surface area contributed by atoms with Gasteiger partial charge in [0.2, 0.25) is 0 Å². The number of hydrogen-bond donors (Lipinski definition) is 1. The van der Waals surface area contributed by atoms with Gasteiger partial charge in [-0.2, -0.15) is 5.10 Å². The molecule has 1 N–H and O–H groups in total. The van der Waals surface area contributed by atoms with E-state index in [4.69, 9.17) is 0 Å². The van der Waals surface area contributed by atoms with Crippen molar-refractivity contribution < 1.29 is 14.3 Å². The van der Waals surface area contributed by atoms with Crippen LogP contribution in [-0.2, 0) is 18.3 Å². The zero-order valence-electron chi connectivity index (χ0n) is 12.2. The number of nitrogens with zero attached hydrogens (tertiary/aromatic N) is 2. The van der Waals surface area contributed by atoms with Gasteiger partial charge in [0.15, 0.2) is 0 Å². The number of hydrogen-bond acceptors (Lipinski definition) is 5. The Labute approximate surface area is 126 Å². The van der Waals surface area contributed by atoms with Crippen molar-refractivity contribution in [1.29, 1.82) is 0 Å². The van der Waals surface area contributed by atoms with Crippen LogP contribution in [0.15, 0.2) is 41.2 Å². The molecule has 7 nitrogen and oxygen atoms in total. The highest BCUT2D eigenvalue weighted by Gasteiger charge is 2.09. The van der Waals surface area contributed by atoms with Crippen LogP contribution in [0.4, 0.5) is 0 Å². The fourth-order valence-corrected chi connectivity index (χ4v) is 1.77. The summed E-state index contributed by atoms with van der Waals surface area (Å²) in [5.41, 5.74) is 1.14. The number of carbonyl (C=O) groups excluding carboxylic acids is 2. The van der Waals surface area contributed by atoms with Crippen LogP contribution in [0, 0.1) is 0 Å². The molecule has 0 fully saturated rings. The number of rotatable bonds is 4. The molecule has 2 aromatic rings. The molecule has 0 aliphatic heterocycles. The van der Waals surface area contributed by atoms with Crippen LogP contribution >= 0.6 is 0 Å². The first-order chi connectivity index (χ1) is 10.5. The van der Waals surface area contributed by atoms with Crippen LogP contribution in [0.3, 0.4) is 0 Å². The monoisotopic (exact) mass is 301 g/mol. The highest BCUT2D eigenvalue weighted by Crippen LogP contribution is 2.05. The van der Waals surface area contributed by atoms with E-state index in [0.717, 1.165) is 10.2 Å². The van der Waals surface area contributed by atoms with Crippen LogP contribution in [0.1, 0.15) is 26.4 Å². The van der Waals surface area contributed by atoms with Gasteiger partial charge in [-0.25, -0.2) is 9.48 Å². The van der Waals surface area contributed by atoms with Gasteiger partial charge in [-0.1, -0.05) is 12.1 Å². The van der Waals surface area contributed by atoms with Crippen LogP contribution in [0.25, 0.3) is 0 Å². The molecule has 22 heavy (non-hydrogen) atoms. The number of aromatic nitrogens is 2. The van der Waals surface area contributed by atoms with Crippen LogP contribution in [-0.4, -0.2) is 28.8 Å². The Hall–Kier alpha value is -2.96. The average molecular weight is 301 g/mol. The van der Waals surface area contributed by atoms with Gasteiger partial charge in [0, 0.05) is 19.7 Å². The van der Waals surface area contributed by atoms with E-state index in [9.17, 15) is 14.4 Å². The molecule has 7 heteroatoms. The largest absolute Gasteiger partial charge is 0.465 e. The summed E-state index contributed by atoms with van der Waals surface area (Å²) in [5, 5.41) is 6.56. The van der Waals surface area contributed by atoms with Crippen LogP contribution in [0.2, 0.25) is 0 Å². The molecule has 0 bridgehead atoms. The Kier molecular flexibility index (Phi) is 4.67. The molecule has 0 radical (unpaired) electrons. The number of methoxy groups -OCH3 is 1. The molecular formula is C15H15N3O4. The molecule has 114 valence electrons.